The molecule has 0 radical (unpaired) electrons. The zero-order valence-corrected chi connectivity index (χ0v) is 16.0. The maximum atomic E-state index is 12.9. The molecule has 0 aromatic heterocycles. The highest BCUT2D eigenvalue weighted by Gasteiger charge is 2.53. The molecule has 0 bridgehead atoms. The fourth-order valence-corrected chi connectivity index (χ4v) is 3.15. The first kappa shape index (κ1) is 20.4. The zero-order valence-electron chi connectivity index (χ0n) is 16.0. The number of carbonyl (C=O) groups is 4. The summed E-state index contributed by atoms with van der Waals surface area (Å²) in [5, 5.41) is 0. The van der Waals surface area contributed by atoms with E-state index in [1.165, 1.54) is 26.1 Å². The smallest absolute Gasteiger partial charge is 0.325 e. The lowest BCUT2D eigenvalue weighted by Crippen LogP contribution is -2.43. The SMILES string of the molecule is CCOC(=O)CN(C)C(=O)CC1(c2cccc(OC)c2)CC(=O)N(C)C1=O. The Kier molecular flexibility index (Phi) is 6.20. The maximum absolute atomic E-state index is 12.9. The summed E-state index contributed by atoms with van der Waals surface area (Å²) in [7, 11) is 4.36. The van der Waals surface area contributed by atoms with E-state index in [-0.39, 0.29) is 31.9 Å². The molecule has 1 aliphatic heterocycles. The van der Waals surface area contributed by atoms with Gasteiger partial charge in [0.2, 0.25) is 17.7 Å². The summed E-state index contributed by atoms with van der Waals surface area (Å²) < 4.78 is 10.1. The maximum Gasteiger partial charge on any atom is 0.325 e. The van der Waals surface area contributed by atoms with Crippen LogP contribution in [0, 0.1) is 0 Å². The second kappa shape index (κ2) is 8.20. The minimum Gasteiger partial charge on any atom is -0.497 e. The number of likely N-dealkylation sites (N-methyl/N-ethyl adjacent to an activating group) is 2. The van der Waals surface area contributed by atoms with Gasteiger partial charge in [-0.3, -0.25) is 24.1 Å². The third-order valence-electron chi connectivity index (χ3n) is 4.71. The van der Waals surface area contributed by atoms with Gasteiger partial charge in [0.1, 0.15) is 12.3 Å². The molecular weight excluding hydrogens is 352 g/mol. The van der Waals surface area contributed by atoms with Crippen molar-refractivity contribution in [2.75, 3.05) is 34.4 Å². The van der Waals surface area contributed by atoms with Crippen LogP contribution >= 0.6 is 0 Å². The Morgan fingerprint density at radius 2 is 2.00 bits per heavy atom. The lowest BCUT2D eigenvalue weighted by Gasteiger charge is -2.28. The number of nitrogens with zero attached hydrogens (tertiary/aromatic N) is 2. The van der Waals surface area contributed by atoms with Crippen LogP contribution in [0.4, 0.5) is 0 Å². The molecule has 1 heterocycles. The topological polar surface area (TPSA) is 93.2 Å². The van der Waals surface area contributed by atoms with Crippen molar-refractivity contribution in [3.8, 4) is 5.75 Å². The van der Waals surface area contributed by atoms with E-state index in [1.807, 2.05) is 0 Å². The second-order valence-corrected chi connectivity index (χ2v) is 6.48. The normalized spacial score (nSPS) is 19.2. The van der Waals surface area contributed by atoms with Crippen molar-refractivity contribution in [1.29, 1.82) is 0 Å². The van der Waals surface area contributed by atoms with Crippen LogP contribution in [0.15, 0.2) is 24.3 Å². The number of likely N-dealkylation sites (tertiary alicyclic amines) is 1. The fourth-order valence-electron chi connectivity index (χ4n) is 3.15. The molecule has 1 unspecified atom stereocenters. The van der Waals surface area contributed by atoms with Crippen LogP contribution in [0.3, 0.4) is 0 Å². The van der Waals surface area contributed by atoms with E-state index < -0.39 is 23.2 Å². The van der Waals surface area contributed by atoms with E-state index in [4.69, 9.17) is 9.47 Å². The van der Waals surface area contributed by atoms with Crippen molar-refractivity contribution in [1.82, 2.24) is 9.80 Å². The van der Waals surface area contributed by atoms with E-state index in [1.54, 1.807) is 31.2 Å². The molecule has 146 valence electrons. The van der Waals surface area contributed by atoms with Crippen LogP contribution in [0.2, 0.25) is 0 Å². The van der Waals surface area contributed by atoms with Crippen LogP contribution in [0.1, 0.15) is 25.3 Å². The molecule has 1 aromatic carbocycles. The number of ether oxygens (including phenoxy) is 2. The van der Waals surface area contributed by atoms with E-state index in [0.29, 0.717) is 11.3 Å². The minimum atomic E-state index is -1.32. The second-order valence-electron chi connectivity index (χ2n) is 6.48. The molecule has 8 heteroatoms. The van der Waals surface area contributed by atoms with Crippen LogP contribution in [0.5, 0.6) is 5.75 Å². The van der Waals surface area contributed by atoms with Crippen LogP contribution in [0.25, 0.3) is 0 Å². The molecule has 3 amide bonds. The number of hydrogen-bond acceptors (Lipinski definition) is 6. The number of methoxy groups -OCH3 is 1. The Morgan fingerprint density at radius 3 is 2.56 bits per heavy atom. The van der Waals surface area contributed by atoms with Gasteiger partial charge in [0.25, 0.3) is 0 Å². The number of benzene rings is 1. The van der Waals surface area contributed by atoms with Crippen molar-refractivity contribution < 1.29 is 28.7 Å². The third kappa shape index (κ3) is 4.10. The molecule has 1 saturated heterocycles. The Hall–Kier alpha value is -2.90. The van der Waals surface area contributed by atoms with E-state index in [9.17, 15) is 19.2 Å². The van der Waals surface area contributed by atoms with E-state index >= 15 is 0 Å². The molecule has 1 atom stereocenters. The van der Waals surface area contributed by atoms with Gasteiger partial charge in [-0.15, -0.1) is 0 Å². The summed E-state index contributed by atoms with van der Waals surface area (Å²) in [5.41, 5.74) is -0.789. The lowest BCUT2D eigenvalue weighted by atomic mass is 9.75. The Balaban J connectivity index is 2.34. The third-order valence-corrected chi connectivity index (χ3v) is 4.71. The van der Waals surface area contributed by atoms with Gasteiger partial charge in [-0.25, -0.2) is 0 Å². The molecule has 27 heavy (non-hydrogen) atoms. The number of esters is 1. The van der Waals surface area contributed by atoms with Crippen molar-refractivity contribution in [3.05, 3.63) is 29.8 Å². The molecule has 1 aliphatic rings. The highest BCUT2D eigenvalue weighted by molar-refractivity contribution is 6.10. The lowest BCUT2D eigenvalue weighted by molar-refractivity contribution is -0.148. The van der Waals surface area contributed by atoms with Gasteiger partial charge in [-0.2, -0.15) is 0 Å². The highest BCUT2D eigenvalue weighted by Crippen LogP contribution is 2.40. The van der Waals surface area contributed by atoms with Gasteiger partial charge in [-0.05, 0) is 24.6 Å². The number of amides is 3. The monoisotopic (exact) mass is 376 g/mol. The molecule has 1 aromatic rings. The molecule has 1 fully saturated rings. The summed E-state index contributed by atoms with van der Waals surface area (Å²) >= 11 is 0. The van der Waals surface area contributed by atoms with E-state index in [0.717, 1.165) is 4.90 Å². The van der Waals surface area contributed by atoms with Gasteiger partial charge in [0, 0.05) is 26.9 Å². The summed E-state index contributed by atoms with van der Waals surface area (Å²) in [5.74, 6) is -1.24. The average molecular weight is 376 g/mol. The molecular formula is C19H24N2O6. The summed E-state index contributed by atoms with van der Waals surface area (Å²) in [4.78, 5) is 51.8. The number of carbonyl (C=O) groups excluding carboxylic acids is 4. The molecule has 0 N–H and O–H groups in total. The van der Waals surface area contributed by atoms with Crippen LogP contribution in [-0.2, 0) is 29.3 Å². The van der Waals surface area contributed by atoms with Gasteiger partial charge < -0.3 is 14.4 Å². The van der Waals surface area contributed by atoms with Crippen molar-refractivity contribution >= 4 is 23.7 Å². The summed E-state index contributed by atoms with van der Waals surface area (Å²) in [6.07, 6.45) is -0.348. The molecule has 0 spiro atoms. The quantitative estimate of drug-likeness (QED) is 0.515. The van der Waals surface area contributed by atoms with Crippen molar-refractivity contribution in [3.63, 3.8) is 0 Å². The van der Waals surface area contributed by atoms with Gasteiger partial charge in [-0.1, -0.05) is 12.1 Å². The van der Waals surface area contributed by atoms with Crippen molar-refractivity contribution in [2.24, 2.45) is 0 Å². The largest absolute Gasteiger partial charge is 0.497 e. The fraction of sp³-hybridized carbons (Fsp3) is 0.474. The molecule has 2 rings (SSSR count). The Labute approximate surface area is 158 Å². The predicted molar refractivity (Wildman–Crippen MR) is 96.0 cm³/mol. The molecule has 8 nitrogen and oxygen atoms in total. The Bertz CT molecular complexity index is 762. The van der Waals surface area contributed by atoms with Crippen molar-refractivity contribution in [2.45, 2.75) is 25.2 Å². The molecule has 0 saturated carbocycles. The zero-order chi connectivity index (χ0) is 20.2. The molecule has 0 aliphatic carbocycles. The van der Waals surface area contributed by atoms with E-state index in [2.05, 4.69) is 0 Å². The number of imide groups is 1. The first-order valence-corrected chi connectivity index (χ1v) is 8.60. The summed E-state index contributed by atoms with van der Waals surface area (Å²) in [6.45, 7) is 1.67. The van der Waals surface area contributed by atoms with Gasteiger partial charge in [0.05, 0.1) is 19.1 Å². The standard InChI is InChI=1S/C19H24N2O6/c1-5-27-17(24)12-20(2)15(22)10-19(11-16(23)21(3)18(19)25)13-7-6-8-14(9-13)26-4/h6-9H,5,10-12H2,1-4H3. The average Bonchev–Trinajstić information content (AvgIpc) is 2.86. The first-order chi connectivity index (χ1) is 12.7. The number of rotatable bonds is 7. The predicted octanol–water partition coefficient (Wildman–Crippen LogP) is 0.733. The van der Waals surface area contributed by atoms with Gasteiger partial charge in [0.15, 0.2) is 0 Å². The highest BCUT2D eigenvalue weighted by atomic mass is 16.5. The van der Waals surface area contributed by atoms with Crippen LogP contribution in [-0.4, -0.2) is 67.8 Å². The Morgan fingerprint density at radius 1 is 1.30 bits per heavy atom. The minimum absolute atomic E-state index is 0.117. The first-order valence-electron chi connectivity index (χ1n) is 8.60. The number of hydrogen-bond donors (Lipinski definition) is 0. The van der Waals surface area contributed by atoms with Gasteiger partial charge >= 0.3 is 5.97 Å². The van der Waals surface area contributed by atoms with Crippen LogP contribution < -0.4 is 4.74 Å². The summed E-state index contributed by atoms with van der Waals surface area (Å²) in [6, 6.07) is 6.78.